The van der Waals surface area contributed by atoms with E-state index in [4.69, 9.17) is 0 Å². The van der Waals surface area contributed by atoms with Crippen molar-refractivity contribution in [1.82, 2.24) is 9.88 Å². The van der Waals surface area contributed by atoms with Crippen LogP contribution in [0.3, 0.4) is 0 Å². The number of aromatic nitrogens is 1. The molecule has 0 spiro atoms. The van der Waals surface area contributed by atoms with Crippen molar-refractivity contribution in [3.8, 4) is 0 Å². The number of aryl methyl sites for hydroxylation is 2. The summed E-state index contributed by atoms with van der Waals surface area (Å²) in [5.41, 5.74) is 1.84. The molecule has 132 valence electrons. The minimum absolute atomic E-state index is 0.0537. The van der Waals surface area contributed by atoms with Gasteiger partial charge in [0.05, 0.1) is 15.6 Å². The molecule has 0 N–H and O–H groups in total. The number of anilines is 1. The van der Waals surface area contributed by atoms with Gasteiger partial charge in [0.2, 0.25) is 0 Å². The van der Waals surface area contributed by atoms with E-state index in [1.807, 2.05) is 18.7 Å². The molecule has 0 radical (unpaired) electrons. The first-order valence-corrected chi connectivity index (χ1v) is 9.06. The van der Waals surface area contributed by atoms with Crippen molar-refractivity contribution in [3.63, 3.8) is 0 Å². The van der Waals surface area contributed by atoms with Crippen molar-refractivity contribution in [3.05, 3.63) is 50.0 Å². The van der Waals surface area contributed by atoms with Crippen LogP contribution < -0.4 is 4.90 Å². The summed E-state index contributed by atoms with van der Waals surface area (Å²) in [4.78, 5) is 32.2. The second kappa shape index (κ2) is 7.18. The molecule has 8 heteroatoms. The number of hydrogen-bond acceptors (Lipinski definition) is 6. The number of carbonyl (C=O) groups excluding carboxylic acids is 1. The average molecular weight is 360 g/mol. The Balaban J connectivity index is 1.64. The third-order valence-corrected chi connectivity index (χ3v) is 5.62. The molecule has 0 saturated carbocycles. The number of benzene rings is 1. The predicted molar refractivity (Wildman–Crippen MR) is 97.4 cm³/mol. The van der Waals surface area contributed by atoms with Crippen LogP contribution in [0.5, 0.6) is 0 Å². The van der Waals surface area contributed by atoms with Gasteiger partial charge in [0.15, 0.2) is 0 Å². The summed E-state index contributed by atoms with van der Waals surface area (Å²) in [5.74, 6) is 0.0537. The van der Waals surface area contributed by atoms with Crippen molar-refractivity contribution < 1.29 is 9.72 Å². The van der Waals surface area contributed by atoms with Crippen molar-refractivity contribution in [1.29, 1.82) is 0 Å². The molecule has 1 saturated heterocycles. The van der Waals surface area contributed by atoms with Crippen LogP contribution in [0.4, 0.5) is 11.4 Å². The molecule has 1 fully saturated rings. The number of thiazole rings is 1. The lowest BCUT2D eigenvalue weighted by Crippen LogP contribution is -2.48. The van der Waals surface area contributed by atoms with E-state index in [-0.39, 0.29) is 11.6 Å². The number of rotatable bonds is 4. The average Bonchev–Trinajstić information content (AvgIpc) is 3.02. The lowest BCUT2D eigenvalue weighted by atomic mass is 10.2. The molecule has 2 aromatic rings. The van der Waals surface area contributed by atoms with Crippen LogP contribution in [0, 0.1) is 17.0 Å². The SMILES string of the molecule is CCc1nc(C)c(C(=O)N2CCN(c3ccc([N+](=O)[O-])cc3)CC2)s1. The quantitative estimate of drug-likeness (QED) is 0.619. The standard InChI is InChI=1S/C17H20N4O3S/c1-3-15-18-12(2)16(25-15)17(22)20-10-8-19(9-11-20)13-4-6-14(7-5-13)21(23)24/h4-7H,3,8-11H2,1-2H3. The van der Waals surface area contributed by atoms with Gasteiger partial charge in [0.25, 0.3) is 11.6 Å². The van der Waals surface area contributed by atoms with Crippen LogP contribution in [0.25, 0.3) is 0 Å². The van der Waals surface area contributed by atoms with E-state index in [0.717, 1.165) is 27.7 Å². The minimum atomic E-state index is -0.400. The number of hydrogen-bond donors (Lipinski definition) is 0. The lowest BCUT2D eigenvalue weighted by Gasteiger charge is -2.36. The van der Waals surface area contributed by atoms with E-state index in [1.165, 1.54) is 23.5 Å². The van der Waals surface area contributed by atoms with Crippen molar-refractivity contribution in [2.24, 2.45) is 0 Å². The highest BCUT2D eigenvalue weighted by Crippen LogP contribution is 2.23. The highest BCUT2D eigenvalue weighted by atomic mass is 32.1. The van der Waals surface area contributed by atoms with Crippen molar-refractivity contribution in [2.45, 2.75) is 20.3 Å². The van der Waals surface area contributed by atoms with Gasteiger partial charge >= 0.3 is 0 Å². The summed E-state index contributed by atoms with van der Waals surface area (Å²) in [5, 5.41) is 11.7. The molecule has 1 amide bonds. The number of piperazine rings is 1. The predicted octanol–water partition coefficient (Wildman–Crippen LogP) is 2.88. The first-order valence-electron chi connectivity index (χ1n) is 8.24. The summed E-state index contributed by atoms with van der Waals surface area (Å²) >= 11 is 1.48. The van der Waals surface area contributed by atoms with Gasteiger partial charge < -0.3 is 9.80 Å². The minimum Gasteiger partial charge on any atom is -0.368 e. The fraction of sp³-hybridized carbons (Fsp3) is 0.412. The van der Waals surface area contributed by atoms with E-state index < -0.39 is 4.92 Å². The van der Waals surface area contributed by atoms with Gasteiger partial charge in [-0.05, 0) is 25.5 Å². The highest BCUT2D eigenvalue weighted by Gasteiger charge is 2.25. The van der Waals surface area contributed by atoms with Gasteiger partial charge in [-0.2, -0.15) is 0 Å². The molecule has 0 atom stereocenters. The maximum Gasteiger partial charge on any atom is 0.269 e. The first kappa shape index (κ1) is 17.3. The molecule has 0 unspecified atom stereocenters. The topological polar surface area (TPSA) is 79.6 Å². The third-order valence-electron chi connectivity index (χ3n) is 4.33. The van der Waals surface area contributed by atoms with Crippen molar-refractivity contribution >= 4 is 28.6 Å². The Kier molecular flexibility index (Phi) is 4.98. The Morgan fingerprint density at radius 3 is 2.40 bits per heavy atom. The lowest BCUT2D eigenvalue weighted by molar-refractivity contribution is -0.384. The van der Waals surface area contributed by atoms with Gasteiger partial charge in [0, 0.05) is 44.0 Å². The number of amides is 1. The molecule has 3 rings (SSSR count). The molecular weight excluding hydrogens is 340 g/mol. The van der Waals surface area contributed by atoms with E-state index in [9.17, 15) is 14.9 Å². The summed E-state index contributed by atoms with van der Waals surface area (Å²) in [6.45, 7) is 6.61. The zero-order valence-electron chi connectivity index (χ0n) is 14.3. The number of nitro benzene ring substituents is 1. The van der Waals surface area contributed by atoms with E-state index in [1.54, 1.807) is 12.1 Å². The molecule has 1 aromatic heterocycles. The van der Waals surface area contributed by atoms with Gasteiger partial charge in [-0.25, -0.2) is 4.98 Å². The molecule has 0 aliphatic carbocycles. The molecule has 0 bridgehead atoms. The van der Waals surface area contributed by atoms with Gasteiger partial charge in [-0.3, -0.25) is 14.9 Å². The maximum absolute atomic E-state index is 12.7. The number of nitro groups is 1. The van der Waals surface area contributed by atoms with Crippen LogP contribution in [0.15, 0.2) is 24.3 Å². The molecule has 2 heterocycles. The monoisotopic (exact) mass is 360 g/mol. The van der Waals surface area contributed by atoms with E-state index in [2.05, 4.69) is 9.88 Å². The normalized spacial score (nSPS) is 14.6. The van der Waals surface area contributed by atoms with Crippen LogP contribution in [0.1, 0.15) is 27.3 Å². The molecule has 7 nitrogen and oxygen atoms in total. The number of non-ortho nitro benzene ring substituents is 1. The summed E-state index contributed by atoms with van der Waals surface area (Å²) < 4.78 is 0. The highest BCUT2D eigenvalue weighted by molar-refractivity contribution is 7.13. The first-order chi connectivity index (χ1) is 12.0. The van der Waals surface area contributed by atoms with E-state index in [0.29, 0.717) is 26.2 Å². The second-order valence-corrected chi connectivity index (χ2v) is 7.01. The second-order valence-electron chi connectivity index (χ2n) is 5.93. The third kappa shape index (κ3) is 3.63. The van der Waals surface area contributed by atoms with Crippen LogP contribution in [-0.2, 0) is 6.42 Å². The van der Waals surface area contributed by atoms with E-state index >= 15 is 0 Å². The number of nitrogens with zero attached hydrogens (tertiary/aromatic N) is 4. The molecule has 1 aliphatic rings. The molecule has 1 aromatic carbocycles. The molecule has 25 heavy (non-hydrogen) atoms. The Bertz CT molecular complexity index is 780. The largest absolute Gasteiger partial charge is 0.368 e. The smallest absolute Gasteiger partial charge is 0.269 e. The van der Waals surface area contributed by atoms with Gasteiger partial charge in [0.1, 0.15) is 4.88 Å². The number of carbonyl (C=O) groups is 1. The zero-order chi connectivity index (χ0) is 18.0. The van der Waals surface area contributed by atoms with Crippen molar-refractivity contribution in [2.75, 3.05) is 31.1 Å². The Morgan fingerprint density at radius 2 is 1.88 bits per heavy atom. The Hall–Kier alpha value is -2.48. The maximum atomic E-state index is 12.7. The molecule has 1 aliphatic heterocycles. The van der Waals surface area contributed by atoms with Gasteiger partial charge in [-0.1, -0.05) is 6.92 Å². The van der Waals surface area contributed by atoms with Crippen LogP contribution in [-0.4, -0.2) is 46.9 Å². The zero-order valence-corrected chi connectivity index (χ0v) is 15.1. The fourth-order valence-corrected chi connectivity index (χ4v) is 3.87. The summed E-state index contributed by atoms with van der Waals surface area (Å²) in [6, 6.07) is 6.55. The van der Waals surface area contributed by atoms with Crippen LogP contribution in [0.2, 0.25) is 0 Å². The van der Waals surface area contributed by atoms with Crippen LogP contribution >= 0.6 is 11.3 Å². The van der Waals surface area contributed by atoms with Gasteiger partial charge in [-0.15, -0.1) is 11.3 Å². The molecular formula is C17H20N4O3S. The Labute approximate surface area is 150 Å². The summed E-state index contributed by atoms with van der Waals surface area (Å²) in [7, 11) is 0. The summed E-state index contributed by atoms with van der Waals surface area (Å²) in [6.07, 6.45) is 0.840. The Morgan fingerprint density at radius 1 is 1.24 bits per heavy atom. The fourth-order valence-electron chi connectivity index (χ4n) is 2.90.